The Balaban J connectivity index is 2.21. The van der Waals surface area contributed by atoms with Gasteiger partial charge < -0.3 is 14.8 Å². The molecule has 0 saturated carbocycles. The van der Waals surface area contributed by atoms with Crippen molar-refractivity contribution in [2.24, 2.45) is 0 Å². The number of nitrogens with one attached hydrogen (secondary N) is 1. The van der Waals surface area contributed by atoms with E-state index in [-0.39, 0.29) is 11.9 Å². The lowest BCUT2D eigenvalue weighted by atomic mass is 10.1. The molecule has 0 heterocycles. The highest BCUT2D eigenvalue weighted by Gasteiger charge is 2.17. The predicted molar refractivity (Wildman–Crippen MR) is 85.6 cm³/mol. The van der Waals surface area contributed by atoms with E-state index in [2.05, 4.69) is 10.1 Å². The Bertz CT molecular complexity index is 447. The van der Waals surface area contributed by atoms with Crippen molar-refractivity contribution in [3.05, 3.63) is 30.3 Å². The number of rotatable bonds is 10. The van der Waals surface area contributed by atoms with Crippen LogP contribution < -0.4 is 5.32 Å². The third-order valence-electron chi connectivity index (χ3n) is 3.44. The first-order chi connectivity index (χ1) is 10.7. The van der Waals surface area contributed by atoms with E-state index in [9.17, 15) is 9.59 Å². The Morgan fingerprint density at radius 3 is 2.36 bits per heavy atom. The second-order valence-electron chi connectivity index (χ2n) is 5.11. The molecule has 0 spiro atoms. The molecular formula is C17H25NO4. The van der Waals surface area contributed by atoms with Crippen molar-refractivity contribution >= 4 is 17.6 Å². The monoisotopic (exact) mass is 307 g/mol. The number of esters is 1. The van der Waals surface area contributed by atoms with Gasteiger partial charge in [0.15, 0.2) is 0 Å². The van der Waals surface area contributed by atoms with Gasteiger partial charge in [0.25, 0.3) is 5.91 Å². The largest absolute Gasteiger partial charge is 0.469 e. The van der Waals surface area contributed by atoms with Gasteiger partial charge >= 0.3 is 5.97 Å². The summed E-state index contributed by atoms with van der Waals surface area (Å²) in [6, 6.07) is 9.34. The number of hydrogen-bond donors (Lipinski definition) is 1. The number of para-hydroxylation sites is 1. The molecule has 1 N–H and O–H groups in total. The first-order valence-corrected chi connectivity index (χ1v) is 7.63. The molecule has 5 nitrogen and oxygen atoms in total. The first kappa shape index (κ1) is 18.2. The zero-order valence-electron chi connectivity index (χ0n) is 13.3. The third-order valence-corrected chi connectivity index (χ3v) is 3.44. The van der Waals surface area contributed by atoms with E-state index < -0.39 is 6.10 Å². The molecule has 1 atom stereocenters. The summed E-state index contributed by atoms with van der Waals surface area (Å²) in [6.45, 7) is 0. The van der Waals surface area contributed by atoms with Gasteiger partial charge in [0.2, 0.25) is 0 Å². The van der Waals surface area contributed by atoms with Gasteiger partial charge in [0, 0.05) is 19.2 Å². The maximum atomic E-state index is 12.1. The van der Waals surface area contributed by atoms with Crippen LogP contribution >= 0.6 is 0 Å². The highest BCUT2D eigenvalue weighted by atomic mass is 16.5. The molecule has 22 heavy (non-hydrogen) atoms. The van der Waals surface area contributed by atoms with Crippen LogP contribution in [0.1, 0.15) is 38.5 Å². The number of carbonyl (C=O) groups excluding carboxylic acids is 2. The van der Waals surface area contributed by atoms with Crippen LogP contribution in [-0.4, -0.2) is 32.2 Å². The molecule has 0 aliphatic rings. The van der Waals surface area contributed by atoms with Gasteiger partial charge in [-0.2, -0.15) is 0 Å². The number of hydrogen-bond acceptors (Lipinski definition) is 4. The average Bonchev–Trinajstić information content (AvgIpc) is 2.54. The molecule has 0 aromatic heterocycles. The van der Waals surface area contributed by atoms with Crippen molar-refractivity contribution in [3.8, 4) is 0 Å². The van der Waals surface area contributed by atoms with E-state index in [4.69, 9.17) is 4.74 Å². The molecule has 5 heteroatoms. The summed E-state index contributed by atoms with van der Waals surface area (Å²) in [4.78, 5) is 23.1. The summed E-state index contributed by atoms with van der Waals surface area (Å²) in [5.74, 6) is -0.291. The summed E-state index contributed by atoms with van der Waals surface area (Å²) >= 11 is 0. The predicted octanol–water partition coefficient (Wildman–Crippen LogP) is 3.15. The Hall–Kier alpha value is -1.88. The molecule has 1 rings (SSSR count). The lowest BCUT2D eigenvalue weighted by molar-refractivity contribution is -0.140. The number of ether oxygens (including phenoxy) is 2. The number of carbonyl (C=O) groups is 2. The summed E-state index contributed by atoms with van der Waals surface area (Å²) in [5, 5.41) is 2.84. The highest BCUT2D eigenvalue weighted by molar-refractivity contribution is 5.94. The van der Waals surface area contributed by atoms with Crippen LogP contribution in [-0.2, 0) is 19.1 Å². The topological polar surface area (TPSA) is 64.6 Å². The number of amides is 1. The fraction of sp³-hybridized carbons (Fsp3) is 0.529. The number of benzene rings is 1. The van der Waals surface area contributed by atoms with Crippen molar-refractivity contribution in [2.45, 2.75) is 44.6 Å². The number of anilines is 1. The summed E-state index contributed by atoms with van der Waals surface area (Å²) in [6.07, 6.45) is 4.32. The van der Waals surface area contributed by atoms with Gasteiger partial charge in [0.05, 0.1) is 7.11 Å². The van der Waals surface area contributed by atoms with E-state index in [1.165, 1.54) is 7.11 Å². The molecule has 1 aromatic carbocycles. The van der Waals surface area contributed by atoms with E-state index in [0.717, 1.165) is 31.4 Å². The van der Waals surface area contributed by atoms with Gasteiger partial charge in [-0.3, -0.25) is 9.59 Å². The summed E-state index contributed by atoms with van der Waals surface area (Å²) in [5.41, 5.74) is 0.771. The van der Waals surface area contributed by atoms with E-state index in [0.29, 0.717) is 12.8 Å². The van der Waals surface area contributed by atoms with Crippen molar-refractivity contribution < 1.29 is 19.1 Å². The van der Waals surface area contributed by atoms with Gasteiger partial charge in [-0.05, 0) is 25.0 Å². The first-order valence-electron chi connectivity index (χ1n) is 7.63. The van der Waals surface area contributed by atoms with E-state index in [1.54, 1.807) is 7.11 Å². The number of methoxy groups -OCH3 is 2. The Kier molecular flexibility index (Phi) is 8.91. The minimum Gasteiger partial charge on any atom is -0.469 e. The van der Waals surface area contributed by atoms with E-state index >= 15 is 0 Å². The third kappa shape index (κ3) is 7.22. The van der Waals surface area contributed by atoms with Gasteiger partial charge in [0.1, 0.15) is 6.10 Å². The van der Waals surface area contributed by atoms with Crippen LogP contribution in [0, 0.1) is 0 Å². The maximum Gasteiger partial charge on any atom is 0.305 e. The van der Waals surface area contributed by atoms with Crippen LogP contribution in [0.15, 0.2) is 30.3 Å². The zero-order valence-corrected chi connectivity index (χ0v) is 13.3. The molecule has 0 saturated heterocycles. The van der Waals surface area contributed by atoms with Crippen molar-refractivity contribution in [1.29, 1.82) is 0 Å². The molecule has 1 aromatic rings. The SMILES string of the molecule is COC(=O)CCCCCCC(OC)C(=O)Nc1ccccc1. The van der Waals surface area contributed by atoms with Crippen molar-refractivity contribution in [3.63, 3.8) is 0 Å². The molecule has 1 unspecified atom stereocenters. The van der Waals surface area contributed by atoms with Gasteiger partial charge in [-0.25, -0.2) is 0 Å². The van der Waals surface area contributed by atoms with Crippen LogP contribution in [0.3, 0.4) is 0 Å². The molecule has 1 amide bonds. The molecule has 0 fully saturated rings. The van der Waals surface area contributed by atoms with Gasteiger partial charge in [-0.1, -0.05) is 37.5 Å². The molecule has 0 aliphatic heterocycles. The minimum atomic E-state index is -0.444. The standard InChI is InChI=1S/C17H25NO4/c1-21-15(12-8-3-4-9-13-16(19)22-2)17(20)18-14-10-6-5-7-11-14/h5-7,10-11,15H,3-4,8-9,12-13H2,1-2H3,(H,18,20). The number of unbranched alkanes of at least 4 members (excludes halogenated alkanes) is 3. The lowest BCUT2D eigenvalue weighted by Crippen LogP contribution is -2.29. The molecule has 0 aliphatic carbocycles. The Labute approximate surface area is 132 Å². The molecule has 122 valence electrons. The van der Waals surface area contributed by atoms with Crippen LogP contribution in [0.4, 0.5) is 5.69 Å². The van der Waals surface area contributed by atoms with Crippen LogP contribution in [0.5, 0.6) is 0 Å². The van der Waals surface area contributed by atoms with Crippen molar-refractivity contribution in [1.82, 2.24) is 0 Å². The fourth-order valence-corrected chi connectivity index (χ4v) is 2.15. The normalized spacial score (nSPS) is 11.7. The van der Waals surface area contributed by atoms with Crippen molar-refractivity contribution in [2.75, 3.05) is 19.5 Å². The molecule has 0 bridgehead atoms. The zero-order chi connectivity index (χ0) is 16.2. The maximum absolute atomic E-state index is 12.1. The van der Waals surface area contributed by atoms with E-state index in [1.807, 2.05) is 30.3 Å². The molecular weight excluding hydrogens is 282 g/mol. The summed E-state index contributed by atoms with van der Waals surface area (Å²) in [7, 11) is 2.95. The molecule has 0 radical (unpaired) electrons. The quantitative estimate of drug-likeness (QED) is 0.533. The Morgan fingerprint density at radius 1 is 1.05 bits per heavy atom. The second kappa shape index (κ2) is 10.8. The van der Waals surface area contributed by atoms with Gasteiger partial charge in [-0.15, -0.1) is 0 Å². The average molecular weight is 307 g/mol. The fourth-order valence-electron chi connectivity index (χ4n) is 2.15. The smallest absolute Gasteiger partial charge is 0.305 e. The minimum absolute atomic E-state index is 0.122. The second-order valence-corrected chi connectivity index (χ2v) is 5.11. The highest BCUT2D eigenvalue weighted by Crippen LogP contribution is 2.12. The Morgan fingerprint density at radius 2 is 1.73 bits per heavy atom. The van der Waals surface area contributed by atoms with Crippen LogP contribution in [0.25, 0.3) is 0 Å². The summed E-state index contributed by atoms with van der Waals surface area (Å²) < 4.78 is 9.85. The van der Waals surface area contributed by atoms with Crippen LogP contribution in [0.2, 0.25) is 0 Å². The lowest BCUT2D eigenvalue weighted by Gasteiger charge is -2.15.